The zero-order valence-electron chi connectivity index (χ0n) is 16.4. The standard InChI is InChI=1S/C24H17NO5S/c1-29-16-10-5-7-14-13-17(30-23(14)16)21(26)19-20(18-11-6-12-31-18)25(24(28)22(19)27)15-8-3-2-4-9-15/h2-13,20,27H,1H3. The Morgan fingerprint density at radius 1 is 1.10 bits per heavy atom. The van der Waals surface area contributed by atoms with E-state index < -0.39 is 23.5 Å². The Labute approximate surface area is 181 Å². The fraction of sp³-hybridized carbons (Fsp3) is 0.0833. The third kappa shape index (κ3) is 3.02. The van der Waals surface area contributed by atoms with Gasteiger partial charge in [0, 0.05) is 16.0 Å². The monoisotopic (exact) mass is 431 g/mol. The molecule has 6 nitrogen and oxygen atoms in total. The molecule has 0 spiro atoms. The van der Waals surface area contributed by atoms with Crippen molar-refractivity contribution in [1.29, 1.82) is 0 Å². The van der Waals surface area contributed by atoms with E-state index in [0.717, 1.165) is 4.88 Å². The Bertz CT molecular complexity index is 1320. The van der Waals surface area contributed by atoms with Crippen LogP contribution >= 0.6 is 11.3 Å². The smallest absolute Gasteiger partial charge is 0.294 e. The fourth-order valence-electron chi connectivity index (χ4n) is 3.85. The molecule has 3 heterocycles. The van der Waals surface area contributed by atoms with Gasteiger partial charge in [-0.25, -0.2) is 0 Å². The van der Waals surface area contributed by atoms with E-state index in [0.29, 0.717) is 22.4 Å². The number of furan rings is 1. The van der Waals surface area contributed by atoms with Crippen molar-refractivity contribution in [2.45, 2.75) is 6.04 Å². The maximum absolute atomic E-state index is 13.5. The molecule has 1 aliphatic rings. The molecule has 0 aliphatic carbocycles. The second-order valence-electron chi connectivity index (χ2n) is 7.01. The molecule has 1 unspecified atom stereocenters. The third-order valence-electron chi connectivity index (χ3n) is 5.25. The normalized spacial score (nSPS) is 16.4. The number of methoxy groups -OCH3 is 1. The number of benzene rings is 2. The molecule has 4 aromatic rings. The molecular formula is C24H17NO5S. The van der Waals surface area contributed by atoms with Crippen LogP contribution in [0.3, 0.4) is 0 Å². The minimum absolute atomic E-state index is 0.00525. The summed E-state index contributed by atoms with van der Waals surface area (Å²) in [5.41, 5.74) is 1.02. The summed E-state index contributed by atoms with van der Waals surface area (Å²) < 4.78 is 11.1. The Hall–Kier alpha value is -3.84. The molecule has 31 heavy (non-hydrogen) atoms. The van der Waals surface area contributed by atoms with Gasteiger partial charge in [0.15, 0.2) is 22.9 Å². The summed E-state index contributed by atoms with van der Waals surface area (Å²) in [6.07, 6.45) is 0. The summed E-state index contributed by atoms with van der Waals surface area (Å²) in [6, 6.07) is 18.9. The van der Waals surface area contributed by atoms with Crippen molar-refractivity contribution in [2.24, 2.45) is 0 Å². The van der Waals surface area contributed by atoms with Crippen LogP contribution in [-0.4, -0.2) is 23.9 Å². The number of para-hydroxylation sites is 2. The van der Waals surface area contributed by atoms with Gasteiger partial charge in [-0.3, -0.25) is 14.5 Å². The van der Waals surface area contributed by atoms with Gasteiger partial charge in [-0.2, -0.15) is 0 Å². The Morgan fingerprint density at radius 2 is 1.90 bits per heavy atom. The number of thiophene rings is 1. The molecule has 0 saturated heterocycles. The molecule has 7 heteroatoms. The van der Waals surface area contributed by atoms with Gasteiger partial charge < -0.3 is 14.3 Å². The molecule has 154 valence electrons. The summed E-state index contributed by atoms with van der Waals surface area (Å²) in [5, 5.41) is 13.3. The summed E-state index contributed by atoms with van der Waals surface area (Å²) in [6.45, 7) is 0. The van der Waals surface area contributed by atoms with Gasteiger partial charge in [0.25, 0.3) is 5.91 Å². The maximum atomic E-state index is 13.5. The van der Waals surface area contributed by atoms with Crippen molar-refractivity contribution >= 4 is 39.7 Å². The van der Waals surface area contributed by atoms with Gasteiger partial charge in [0.2, 0.25) is 5.78 Å². The average molecular weight is 431 g/mol. The van der Waals surface area contributed by atoms with E-state index in [1.165, 1.54) is 23.3 Å². The van der Waals surface area contributed by atoms with Gasteiger partial charge in [0.1, 0.15) is 6.04 Å². The van der Waals surface area contributed by atoms with E-state index >= 15 is 0 Å². The summed E-state index contributed by atoms with van der Waals surface area (Å²) in [4.78, 5) is 28.8. The number of aliphatic hydroxyl groups is 1. The maximum Gasteiger partial charge on any atom is 0.294 e. The number of ether oxygens (including phenoxy) is 1. The van der Waals surface area contributed by atoms with Crippen LogP contribution in [-0.2, 0) is 4.79 Å². The lowest BCUT2D eigenvalue weighted by molar-refractivity contribution is -0.117. The van der Waals surface area contributed by atoms with Crippen molar-refractivity contribution in [3.63, 3.8) is 0 Å². The lowest BCUT2D eigenvalue weighted by Crippen LogP contribution is -2.30. The largest absolute Gasteiger partial charge is 0.503 e. The number of ketones is 1. The lowest BCUT2D eigenvalue weighted by Gasteiger charge is -2.25. The quantitative estimate of drug-likeness (QED) is 0.435. The third-order valence-corrected chi connectivity index (χ3v) is 6.18. The molecule has 0 bridgehead atoms. The highest BCUT2D eigenvalue weighted by molar-refractivity contribution is 7.10. The van der Waals surface area contributed by atoms with Crippen LogP contribution in [0.15, 0.2) is 87.9 Å². The van der Waals surface area contributed by atoms with Crippen LogP contribution in [0.1, 0.15) is 21.5 Å². The molecule has 0 radical (unpaired) electrons. The number of anilines is 1. The highest BCUT2D eigenvalue weighted by Gasteiger charge is 2.45. The lowest BCUT2D eigenvalue weighted by atomic mass is 10.00. The van der Waals surface area contributed by atoms with Crippen molar-refractivity contribution in [3.8, 4) is 5.75 Å². The number of Topliss-reactive ketones (excluding diaryl/α,β-unsaturated/α-hetero) is 1. The molecule has 2 aromatic carbocycles. The first kappa shape index (κ1) is 19.1. The Morgan fingerprint density at radius 3 is 2.61 bits per heavy atom. The number of hydrogen-bond acceptors (Lipinski definition) is 6. The number of hydrogen-bond donors (Lipinski definition) is 1. The first-order valence-electron chi connectivity index (χ1n) is 9.56. The van der Waals surface area contributed by atoms with Gasteiger partial charge in [-0.05, 0) is 35.7 Å². The molecular weight excluding hydrogens is 414 g/mol. The molecule has 5 rings (SSSR count). The van der Waals surface area contributed by atoms with Crippen molar-refractivity contribution in [3.05, 3.63) is 94.1 Å². The highest BCUT2D eigenvalue weighted by atomic mass is 32.1. The van der Waals surface area contributed by atoms with E-state index in [9.17, 15) is 14.7 Å². The highest BCUT2D eigenvalue weighted by Crippen LogP contribution is 2.43. The Balaban J connectivity index is 1.64. The van der Waals surface area contributed by atoms with Crippen molar-refractivity contribution in [1.82, 2.24) is 0 Å². The van der Waals surface area contributed by atoms with Crippen LogP contribution in [0.4, 0.5) is 5.69 Å². The molecule has 1 aliphatic heterocycles. The van der Waals surface area contributed by atoms with E-state index in [4.69, 9.17) is 9.15 Å². The number of carbonyl (C=O) groups is 2. The molecule has 1 amide bonds. The molecule has 2 aromatic heterocycles. The van der Waals surface area contributed by atoms with Crippen LogP contribution in [0, 0.1) is 0 Å². The molecule has 0 fully saturated rings. The zero-order chi connectivity index (χ0) is 21.5. The molecule has 1 N–H and O–H groups in total. The summed E-state index contributed by atoms with van der Waals surface area (Å²) in [5.74, 6) is -1.20. The van der Waals surface area contributed by atoms with E-state index in [1.807, 2.05) is 23.6 Å². The number of aliphatic hydroxyl groups excluding tert-OH is 1. The predicted molar refractivity (Wildman–Crippen MR) is 118 cm³/mol. The van der Waals surface area contributed by atoms with Crippen LogP contribution in [0.25, 0.3) is 11.0 Å². The van der Waals surface area contributed by atoms with E-state index in [1.54, 1.807) is 48.5 Å². The zero-order valence-corrected chi connectivity index (χ0v) is 17.3. The van der Waals surface area contributed by atoms with Crippen LogP contribution in [0.5, 0.6) is 5.75 Å². The van der Waals surface area contributed by atoms with Gasteiger partial charge in [-0.15, -0.1) is 11.3 Å². The SMILES string of the molecule is COc1cccc2cc(C(=O)C3=C(O)C(=O)N(c4ccccc4)C3c3cccs3)oc12. The van der Waals surface area contributed by atoms with Crippen LogP contribution in [0.2, 0.25) is 0 Å². The number of amides is 1. The molecule has 0 saturated carbocycles. The summed E-state index contributed by atoms with van der Waals surface area (Å²) in [7, 11) is 1.52. The van der Waals surface area contributed by atoms with Gasteiger partial charge >= 0.3 is 0 Å². The Kier molecular flexibility index (Phi) is 4.60. The summed E-state index contributed by atoms with van der Waals surface area (Å²) >= 11 is 1.41. The van der Waals surface area contributed by atoms with Crippen molar-refractivity contribution in [2.75, 3.05) is 12.0 Å². The average Bonchev–Trinajstić information content (AvgIpc) is 3.52. The number of rotatable bonds is 5. The number of carbonyl (C=O) groups excluding carboxylic acids is 2. The number of nitrogens with zero attached hydrogens (tertiary/aromatic N) is 1. The van der Waals surface area contributed by atoms with E-state index in [-0.39, 0.29) is 11.3 Å². The topological polar surface area (TPSA) is 80.0 Å². The van der Waals surface area contributed by atoms with Crippen LogP contribution < -0.4 is 9.64 Å². The molecule has 1 atom stereocenters. The van der Waals surface area contributed by atoms with Gasteiger partial charge in [-0.1, -0.05) is 36.4 Å². The second-order valence-corrected chi connectivity index (χ2v) is 7.99. The van der Waals surface area contributed by atoms with Gasteiger partial charge in [0.05, 0.1) is 12.7 Å². The predicted octanol–water partition coefficient (Wildman–Crippen LogP) is 5.29. The fourth-order valence-corrected chi connectivity index (χ4v) is 4.67. The van der Waals surface area contributed by atoms with Crippen molar-refractivity contribution < 1.29 is 23.8 Å². The van der Waals surface area contributed by atoms with E-state index in [2.05, 4.69) is 0 Å². The minimum Gasteiger partial charge on any atom is -0.503 e. The minimum atomic E-state index is -0.752. The second kappa shape index (κ2) is 7.45. The first-order chi connectivity index (χ1) is 15.1. The number of fused-ring (bicyclic) bond motifs is 1. The first-order valence-corrected chi connectivity index (χ1v) is 10.4.